The Morgan fingerprint density at radius 1 is 1.06 bits per heavy atom. The molecule has 0 aromatic heterocycles. The van der Waals surface area contributed by atoms with Crippen LogP contribution in [0, 0.1) is 0 Å². The van der Waals surface area contributed by atoms with Gasteiger partial charge in [0.25, 0.3) is 5.91 Å². The number of nitrogens with zero attached hydrogens (tertiary/aromatic N) is 1. The van der Waals surface area contributed by atoms with Crippen molar-refractivity contribution in [3.8, 4) is 5.75 Å². The van der Waals surface area contributed by atoms with Gasteiger partial charge in [-0.05, 0) is 50.6 Å². The summed E-state index contributed by atoms with van der Waals surface area (Å²) in [4.78, 5) is 35.8. The molecule has 0 aliphatic rings. The van der Waals surface area contributed by atoms with Crippen LogP contribution in [-0.2, 0) is 19.1 Å². The maximum atomic E-state index is 12.2. The summed E-state index contributed by atoms with van der Waals surface area (Å²) < 4.78 is 10.9. The zero-order chi connectivity index (χ0) is 24.9. The summed E-state index contributed by atoms with van der Waals surface area (Å²) in [6, 6.07) is 11.4. The van der Waals surface area contributed by atoms with E-state index in [-0.39, 0.29) is 12.7 Å². The Labute approximate surface area is 207 Å². The molecule has 3 N–H and O–H groups in total. The highest BCUT2D eigenvalue weighted by molar-refractivity contribution is 6.35. The molecule has 11 heteroatoms. The van der Waals surface area contributed by atoms with Gasteiger partial charge in [-0.2, -0.15) is 5.10 Å². The van der Waals surface area contributed by atoms with Crippen LogP contribution in [0.2, 0.25) is 10.0 Å². The number of hydrogen-bond acceptors (Lipinski definition) is 6. The number of amides is 3. The van der Waals surface area contributed by atoms with Gasteiger partial charge in [0.05, 0.1) is 12.3 Å². The lowest BCUT2D eigenvalue weighted by atomic mass is 10.2. The summed E-state index contributed by atoms with van der Waals surface area (Å²) in [5.74, 6) is -1.77. The van der Waals surface area contributed by atoms with Crippen molar-refractivity contribution in [1.82, 2.24) is 10.7 Å². The van der Waals surface area contributed by atoms with Crippen LogP contribution in [0.4, 0.5) is 5.69 Å². The summed E-state index contributed by atoms with van der Waals surface area (Å²) in [5.41, 5.74) is 3.09. The van der Waals surface area contributed by atoms with Gasteiger partial charge < -0.3 is 20.1 Å². The minimum Gasteiger partial charge on any atom is -0.483 e. The summed E-state index contributed by atoms with van der Waals surface area (Å²) in [6.45, 7) is 4.34. The second kappa shape index (κ2) is 14.2. The van der Waals surface area contributed by atoms with E-state index in [1.54, 1.807) is 42.5 Å². The van der Waals surface area contributed by atoms with E-state index >= 15 is 0 Å². The highest BCUT2D eigenvalue weighted by Crippen LogP contribution is 2.22. The van der Waals surface area contributed by atoms with Crippen LogP contribution >= 0.6 is 23.2 Å². The lowest BCUT2D eigenvalue weighted by Crippen LogP contribution is -2.38. The van der Waals surface area contributed by atoms with Crippen LogP contribution < -0.4 is 20.8 Å². The Hall–Kier alpha value is -3.14. The van der Waals surface area contributed by atoms with E-state index in [2.05, 4.69) is 21.2 Å². The molecule has 0 fully saturated rings. The van der Waals surface area contributed by atoms with Gasteiger partial charge in [-0.3, -0.25) is 14.4 Å². The smallest absolute Gasteiger partial charge is 0.329 e. The molecule has 0 saturated heterocycles. The molecule has 2 aromatic carbocycles. The van der Waals surface area contributed by atoms with E-state index in [1.165, 1.54) is 6.21 Å². The standard InChI is InChI=1S/C23H26Cl2N4O5/c1-15(2)33-9-5-8-26-22(31)23(32)29-27-13-16-6-3-4-7-20(16)34-14-21(30)28-19-11-17(24)10-18(25)12-19/h3-4,6-7,10-13,15H,5,8-9,14H2,1-2H3,(H,26,31)(H,28,30)(H,29,32)/b27-13-. The minimum absolute atomic E-state index is 0.108. The number of anilines is 1. The van der Waals surface area contributed by atoms with Crippen LogP contribution in [-0.4, -0.2) is 49.8 Å². The number of nitrogens with one attached hydrogen (secondary N) is 3. The van der Waals surface area contributed by atoms with Crippen LogP contribution in [0.15, 0.2) is 47.6 Å². The normalized spacial score (nSPS) is 10.9. The number of carbonyl (C=O) groups excluding carboxylic acids is 3. The van der Waals surface area contributed by atoms with Gasteiger partial charge in [-0.25, -0.2) is 5.43 Å². The minimum atomic E-state index is -0.904. The molecule has 0 radical (unpaired) electrons. The topological polar surface area (TPSA) is 118 Å². The fourth-order valence-corrected chi connectivity index (χ4v) is 3.10. The lowest BCUT2D eigenvalue weighted by Gasteiger charge is -2.10. The van der Waals surface area contributed by atoms with Gasteiger partial charge in [0.15, 0.2) is 6.61 Å². The molecule has 0 atom stereocenters. The molecule has 0 aliphatic heterocycles. The molecule has 0 aliphatic carbocycles. The molecule has 0 spiro atoms. The number of hydrazone groups is 1. The van der Waals surface area contributed by atoms with Gasteiger partial charge in [0, 0.05) is 34.4 Å². The fraction of sp³-hybridized carbons (Fsp3) is 0.304. The molecule has 2 aromatic rings. The lowest BCUT2D eigenvalue weighted by molar-refractivity contribution is -0.139. The van der Waals surface area contributed by atoms with Crippen molar-refractivity contribution < 1.29 is 23.9 Å². The van der Waals surface area contributed by atoms with E-state index < -0.39 is 17.7 Å². The summed E-state index contributed by atoms with van der Waals surface area (Å²) in [5, 5.41) is 9.69. The zero-order valence-electron chi connectivity index (χ0n) is 18.8. The third-order valence-corrected chi connectivity index (χ3v) is 4.49. The molecule has 0 heterocycles. The van der Waals surface area contributed by atoms with E-state index in [0.29, 0.717) is 46.6 Å². The molecule has 0 unspecified atom stereocenters. The predicted octanol–water partition coefficient (Wildman–Crippen LogP) is 3.39. The van der Waals surface area contributed by atoms with E-state index in [0.717, 1.165) is 0 Å². The number of halogens is 2. The van der Waals surface area contributed by atoms with Crippen LogP contribution in [0.25, 0.3) is 0 Å². The van der Waals surface area contributed by atoms with Crippen molar-refractivity contribution in [2.24, 2.45) is 5.10 Å². The zero-order valence-corrected chi connectivity index (χ0v) is 20.3. The van der Waals surface area contributed by atoms with Crippen molar-refractivity contribution in [3.05, 3.63) is 58.1 Å². The molecule has 9 nitrogen and oxygen atoms in total. The molecular weight excluding hydrogens is 483 g/mol. The number of carbonyl (C=O) groups is 3. The first kappa shape index (κ1) is 27.1. The highest BCUT2D eigenvalue weighted by Gasteiger charge is 2.12. The third kappa shape index (κ3) is 10.2. The molecule has 0 bridgehead atoms. The van der Waals surface area contributed by atoms with Gasteiger partial charge in [0.1, 0.15) is 5.75 Å². The molecular formula is C23H26Cl2N4O5. The molecule has 182 valence electrons. The number of hydrogen-bond donors (Lipinski definition) is 3. The van der Waals surface area contributed by atoms with Gasteiger partial charge >= 0.3 is 11.8 Å². The van der Waals surface area contributed by atoms with Crippen molar-refractivity contribution in [1.29, 1.82) is 0 Å². The Morgan fingerprint density at radius 3 is 2.47 bits per heavy atom. The molecule has 0 saturated carbocycles. The van der Waals surface area contributed by atoms with Crippen LogP contribution in [0.5, 0.6) is 5.75 Å². The van der Waals surface area contributed by atoms with E-state index in [1.807, 2.05) is 13.8 Å². The predicted molar refractivity (Wildman–Crippen MR) is 131 cm³/mol. The quantitative estimate of drug-likeness (QED) is 0.186. The summed E-state index contributed by atoms with van der Waals surface area (Å²) in [7, 11) is 0. The maximum Gasteiger partial charge on any atom is 0.329 e. The largest absolute Gasteiger partial charge is 0.483 e. The SMILES string of the molecule is CC(C)OCCCNC(=O)C(=O)N/N=C\c1ccccc1OCC(=O)Nc1cc(Cl)cc(Cl)c1. The van der Waals surface area contributed by atoms with E-state index in [4.69, 9.17) is 32.7 Å². The number of rotatable bonds is 11. The first-order chi connectivity index (χ1) is 16.2. The second-order valence-electron chi connectivity index (χ2n) is 7.26. The Morgan fingerprint density at radius 2 is 1.76 bits per heavy atom. The molecule has 3 amide bonds. The Bertz CT molecular complexity index is 1010. The van der Waals surface area contributed by atoms with E-state index in [9.17, 15) is 14.4 Å². The van der Waals surface area contributed by atoms with Gasteiger partial charge in [0.2, 0.25) is 0 Å². The van der Waals surface area contributed by atoms with Crippen molar-refractivity contribution in [2.75, 3.05) is 25.1 Å². The fourth-order valence-electron chi connectivity index (χ4n) is 2.57. The first-order valence-corrected chi connectivity index (χ1v) is 11.2. The van der Waals surface area contributed by atoms with Crippen molar-refractivity contribution in [2.45, 2.75) is 26.4 Å². The summed E-state index contributed by atoms with van der Waals surface area (Å²) >= 11 is 11.8. The third-order valence-electron chi connectivity index (χ3n) is 4.06. The Balaban J connectivity index is 1.82. The summed E-state index contributed by atoms with van der Waals surface area (Å²) in [6.07, 6.45) is 2.01. The number of benzene rings is 2. The molecule has 2 rings (SSSR count). The monoisotopic (exact) mass is 508 g/mol. The van der Waals surface area contributed by atoms with Crippen molar-refractivity contribution in [3.63, 3.8) is 0 Å². The van der Waals surface area contributed by atoms with Crippen molar-refractivity contribution >= 4 is 52.8 Å². The Kier molecular flexibility index (Phi) is 11.3. The molecule has 34 heavy (non-hydrogen) atoms. The second-order valence-corrected chi connectivity index (χ2v) is 8.13. The average molecular weight is 509 g/mol. The van der Waals surface area contributed by atoms with Crippen LogP contribution in [0.3, 0.4) is 0 Å². The van der Waals surface area contributed by atoms with Gasteiger partial charge in [-0.1, -0.05) is 35.3 Å². The first-order valence-electron chi connectivity index (χ1n) is 10.4. The van der Waals surface area contributed by atoms with Gasteiger partial charge in [-0.15, -0.1) is 0 Å². The maximum absolute atomic E-state index is 12.2. The van der Waals surface area contributed by atoms with Crippen LogP contribution in [0.1, 0.15) is 25.8 Å². The highest BCUT2D eigenvalue weighted by atomic mass is 35.5. The number of para-hydroxylation sites is 1. The average Bonchev–Trinajstić information content (AvgIpc) is 2.77. The number of ether oxygens (including phenoxy) is 2.